The molecule has 9 heteroatoms. The van der Waals surface area contributed by atoms with Gasteiger partial charge in [-0.25, -0.2) is 0 Å². The van der Waals surface area contributed by atoms with Crippen LogP contribution >= 0.6 is 0 Å². The van der Waals surface area contributed by atoms with Crippen LogP contribution in [0.1, 0.15) is 59.8 Å². The second-order valence-electron chi connectivity index (χ2n) is 7.65. The van der Waals surface area contributed by atoms with Crippen LogP contribution in [-0.4, -0.2) is 62.4 Å². The van der Waals surface area contributed by atoms with Gasteiger partial charge in [0.25, 0.3) is 10.1 Å². The fourth-order valence-electron chi connectivity index (χ4n) is 3.16. The van der Waals surface area contributed by atoms with Gasteiger partial charge in [0.15, 0.2) is 5.79 Å². The molecule has 0 radical (unpaired) electrons. The summed E-state index contributed by atoms with van der Waals surface area (Å²) in [6.07, 6.45) is 2.85. The third kappa shape index (κ3) is 9.27. The maximum absolute atomic E-state index is 11.9. The predicted molar refractivity (Wildman–Crippen MR) is 97.0 cm³/mol. The average molecular weight is 396 g/mol. The molecule has 1 fully saturated rings. The van der Waals surface area contributed by atoms with Crippen molar-refractivity contribution in [2.75, 3.05) is 19.4 Å². The molecule has 2 N–H and O–H groups in total. The summed E-state index contributed by atoms with van der Waals surface area (Å²) in [5.41, 5.74) is -1.16. The van der Waals surface area contributed by atoms with Gasteiger partial charge in [-0.3, -0.25) is 8.98 Å². The minimum absolute atomic E-state index is 0.0476. The standard InChI is InChI=1S/C17H33NO7S/c1-13-11-14(25-16(2,3)24-13)7-6-8-17(4,20)12-15(19)18-9-10-26(21,22)23-5/h13-14,20H,6-12H2,1-5H3,(H,18,19)/t13-,14+,17-/m0/s1. The van der Waals surface area contributed by atoms with Crippen LogP contribution in [0.2, 0.25) is 0 Å². The lowest BCUT2D eigenvalue weighted by molar-refractivity contribution is -0.297. The molecule has 1 rings (SSSR count). The van der Waals surface area contributed by atoms with E-state index in [-0.39, 0.29) is 30.9 Å². The maximum atomic E-state index is 11.9. The van der Waals surface area contributed by atoms with Crippen LogP contribution in [0.15, 0.2) is 0 Å². The Morgan fingerprint density at radius 2 is 2.04 bits per heavy atom. The summed E-state index contributed by atoms with van der Waals surface area (Å²) in [7, 11) is -2.53. The summed E-state index contributed by atoms with van der Waals surface area (Å²) >= 11 is 0. The van der Waals surface area contributed by atoms with Gasteiger partial charge in [0.05, 0.1) is 37.1 Å². The van der Waals surface area contributed by atoms with Crippen molar-refractivity contribution < 1.29 is 32.0 Å². The van der Waals surface area contributed by atoms with Crippen molar-refractivity contribution in [1.29, 1.82) is 0 Å². The molecule has 26 heavy (non-hydrogen) atoms. The molecule has 0 aliphatic carbocycles. The summed E-state index contributed by atoms with van der Waals surface area (Å²) in [6, 6.07) is 0. The predicted octanol–water partition coefficient (Wildman–Crippen LogP) is 1.32. The van der Waals surface area contributed by atoms with Crippen molar-refractivity contribution in [3.8, 4) is 0 Å². The molecule has 3 atom stereocenters. The molecular weight excluding hydrogens is 362 g/mol. The SMILES string of the molecule is COS(=O)(=O)CCNC(=O)C[C@@](C)(O)CCC[C@@H]1C[C@H](C)OC(C)(C)O1. The summed E-state index contributed by atoms with van der Waals surface area (Å²) in [5, 5.41) is 12.9. The smallest absolute Gasteiger partial charge is 0.268 e. The zero-order valence-corrected chi connectivity index (χ0v) is 17.2. The van der Waals surface area contributed by atoms with Crippen molar-refractivity contribution >= 4 is 16.0 Å². The van der Waals surface area contributed by atoms with Gasteiger partial charge in [-0.15, -0.1) is 0 Å². The first kappa shape index (κ1) is 23.3. The van der Waals surface area contributed by atoms with E-state index in [9.17, 15) is 18.3 Å². The fraction of sp³-hybridized carbons (Fsp3) is 0.941. The van der Waals surface area contributed by atoms with E-state index in [1.165, 1.54) is 0 Å². The summed E-state index contributed by atoms with van der Waals surface area (Å²) in [6.45, 7) is 7.35. The molecule has 0 saturated carbocycles. The zero-order chi connectivity index (χ0) is 20.0. The highest BCUT2D eigenvalue weighted by molar-refractivity contribution is 7.86. The van der Waals surface area contributed by atoms with E-state index in [0.717, 1.165) is 20.0 Å². The maximum Gasteiger partial charge on any atom is 0.268 e. The Balaban J connectivity index is 2.31. The van der Waals surface area contributed by atoms with Crippen LogP contribution in [0.3, 0.4) is 0 Å². The lowest BCUT2D eigenvalue weighted by atomic mass is 9.93. The summed E-state index contributed by atoms with van der Waals surface area (Å²) in [5.74, 6) is -1.29. The molecule has 1 heterocycles. The van der Waals surface area contributed by atoms with Crippen molar-refractivity contribution in [1.82, 2.24) is 5.32 Å². The van der Waals surface area contributed by atoms with E-state index in [4.69, 9.17) is 9.47 Å². The first-order valence-electron chi connectivity index (χ1n) is 8.97. The van der Waals surface area contributed by atoms with E-state index in [1.807, 2.05) is 20.8 Å². The minimum atomic E-state index is -3.60. The van der Waals surface area contributed by atoms with Gasteiger partial charge < -0.3 is 19.9 Å². The van der Waals surface area contributed by atoms with Crippen LogP contribution in [0.25, 0.3) is 0 Å². The molecule has 0 bridgehead atoms. The molecule has 0 aromatic heterocycles. The van der Waals surface area contributed by atoms with Crippen LogP contribution in [0.5, 0.6) is 0 Å². The van der Waals surface area contributed by atoms with Gasteiger partial charge in [-0.1, -0.05) is 0 Å². The first-order valence-corrected chi connectivity index (χ1v) is 10.5. The summed E-state index contributed by atoms with van der Waals surface area (Å²) < 4.78 is 38.3. The number of carbonyl (C=O) groups excluding carboxylic acids is 1. The third-order valence-corrected chi connectivity index (χ3v) is 5.45. The minimum Gasteiger partial charge on any atom is -0.390 e. The highest BCUT2D eigenvalue weighted by atomic mass is 32.2. The van der Waals surface area contributed by atoms with Gasteiger partial charge in [0.2, 0.25) is 5.91 Å². The Morgan fingerprint density at radius 1 is 1.38 bits per heavy atom. The highest BCUT2D eigenvalue weighted by Gasteiger charge is 2.33. The molecule has 1 aliphatic rings. The number of amides is 1. The van der Waals surface area contributed by atoms with Crippen molar-refractivity contribution in [2.24, 2.45) is 0 Å². The Morgan fingerprint density at radius 3 is 2.62 bits per heavy atom. The molecular formula is C17H33NO7S. The zero-order valence-electron chi connectivity index (χ0n) is 16.4. The van der Waals surface area contributed by atoms with Gasteiger partial charge in [-0.05, 0) is 53.4 Å². The quantitative estimate of drug-likeness (QED) is 0.537. The molecule has 0 spiro atoms. The number of ether oxygens (including phenoxy) is 2. The van der Waals surface area contributed by atoms with Crippen molar-refractivity contribution in [3.05, 3.63) is 0 Å². The highest BCUT2D eigenvalue weighted by Crippen LogP contribution is 2.30. The number of rotatable bonds is 10. The van der Waals surface area contributed by atoms with Crippen LogP contribution in [-0.2, 0) is 28.6 Å². The van der Waals surface area contributed by atoms with Gasteiger partial charge in [0, 0.05) is 6.54 Å². The third-order valence-electron chi connectivity index (χ3n) is 4.24. The normalized spacial score (nSPS) is 25.5. The van der Waals surface area contributed by atoms with E-state index < -0.39 is 27.4 Å². The van der Waals surface area contributed by atoms with Crippen LogP contribution in [0, 0.1) is 0 Å². The van der Waals surface area contributed by atoms with Gasteiger partial charge in [0.1, 0.15) is 0 Å². The van der Waals surface area contributed by atoms with E-state index in [1.54, 1.807) is 6.92 Å². The van der Waals surface area contributed by atoms with E-state index >= 15 is 0 Å². The number of hydrogen-bond donors (Lipinski definition) is 2. The van der Waals surface area contributed by atoms with Crippen LogP contribution < -0.4 is 5.32 Å². The van der Waals surface area contributed by atoms with Crippen molar-refractivity contribution in [3.63, 3.8) is 0 Å². The van der Waals surface area contributed by atoms with Crippen LogP contribution in [0.4, 0.5) is 0 Å². The number of nitrogens with one attached hydrogen (secondary N) is 1. The first-order chi connectivity index (χ1) is 11.8. The average Bonchev–Trinajstić information content (AvgIpc) is 2.44. The molecule has 1 amide bonds. The molecule has 154 valence electrons. The topological polar surface area (TPSA) is 111 Å². The Hall–Kier alpha value is -0.740. The van der Waals surface area contributed by atoms with Crippen molar-refractivity contribution in [2.45, 2.75) is 83.4 Å². The lowest BCUT2D eigenvalue weighted by Gasteiger charge is -2.40. The monoisotopic (exact) mass is 395 g/mol. The molecule has 0 aromatic carbocycles. The molecule has 1 aliphatic heterocycles. The second-order valence-corrected chi connectivity index (χ2v) is 9.51. The Bertz CT molecular complexity index is 559. The molecule has 0 aromatic rings. The largest absolute Gasteiger partial charge is 0.390 e. The van der Waals surface area contributed by atoms with Gasteiger partial charge >= 0.3 is 0 Å². The Kier molecular flexibility index (Phi) is 8.47. The Labute approximate surface area is 156 Å². The molecule has 8 nitrogen and oxygen atoms in total. The second kappa shape index (κ2) is 9.45. The fourth-order valence-corrected chi connectivity index (χ4v) is 3.68. The van der Waals surface area contributed by atoms with Gasteiger partial charge in [-0.2, -0.15) is 8.42 Å². The summed E-state index contributed by atoms with van der Waals surface area (Å²) in [4.78, 5) is 11.9. The lowest BCUT2D eigenvalue weighted by Crippen LogP contribution is -2.43. The molecule has 0 unspecified atom stereocenters. The molecule has 1 saturated heterocycles. The van der Waals surface area contributed by atoms with E-state index in [2.05, 4.69) is 9.50 Å². The number of carbonyl (C=O) groups is 1. The van der Waals surface area contributed by atoms with E-state index in [0.29, 0.717) is 12.8 Å². The number of aliphatic hydroxyl groups is 1. The number of hydrogen-bond acceptors (Lipinski definition) is 7.